The number of piperidine rings is 1. The van der Waals surface area contributed by atoms with Crippen molar-refractivity contribution in [2.45, 2.75) is 24.9 Å². The third-order valence-electron chi connectivity index (χ3n) is 5.51. The van der Waals surface area contributed by atoms with Crippen LogP contribution in [0.15, 0.2) is 18.9 Å². The number of rotatable bonds is 2. The van der Waals surface area contributed by atoms with Gasteiger partial charge in [0.05, 0.1) is 18.6 Å². The molecule has 2 aliphatic heterocycles. The summed E-state index contributed by atoms with van der Waals surface area (Å²) in [5.41, 5.74) is 3.51. The standard InChI is InChI=1S/C18H22N8O/c1-25(2)17-19-9-12-3-8-27-18(14(12)24-17)4-6-26(7-5-18)16-13-15(21-10-20-13)22-11-23-16/h9-11H,3-8H2,1-2H3,(H,20,21,22,23). The summed E-state index contributed by atoms with van der Waals surface area (Å²) in [7, 11) is 3.93. The summed E-state index contributed by atoms with van der Waals surface area (Å²) < 4.78 is 6.34. The zero-order valence-electron chi connectivity index (χ0n) is 15.5. The maximum absolute atomic E-state index is 6.34. The van der Waals surface area contributed by atoms with Gasteiger partial charge in [0.25, 0.3) is 0 Å². The van der Waals surface area contributed by atoms with Crippen molar-refractivity contribution in [3.63, 3.8) is 0 Å². The van der Waals surface area contributed by atoms with Gasteiger partial charge in [-0.1, -0.05) is 0 Å². The number of ether oxygens (including phenoxy) is 1. The molecule has 5 heterocycles. The van der Waals surface area contributed by atoms with E-state index in [1.807, 2.05) is 25.2 Å². The molecule has 0 unspecified atom stereocenters. The van der Waals surface area contributed by atoms with Crippen LogP contribution in [0.25, 0.3) is 11.2 Å². The van der Waals surface area contributed by atoms with Crippen molar-refractivity contribution >= 4 is 22.9 Å². The van der Waals surface area contributed by atoms with Crippen LogP contribution in [0.4, 0.5) is 11.8 Å². The maximum atomic E-state index is 6.34. The minimum Gasteiger partial charge on any atom is -0.368 e. The Morgan fingerprint density at radius 1 is 1.15 bits per heavy atom. The molecule has 2 aliphatic rings. The van der Waals surface area contributed by atoms with Gasteiger partial charge in [0.1, 0.15) is 17.4 Å². The summed E-state index contributed by atoms with van der Waals surface area (Å²) >= 11 is 0. The molecule has 0 atom stereocenters. The summed E-state index contributed by atoms with van der Waals surface area (Å²) in [6, 6.07) is 0. The van der Waals surface area contributed by atoms with E-state index in [0.717, 1.165) is 61.9 Å². The normalized spacial score (nSPS) is 18.7. The molecule has 0 bridgehead atoms. The van der Waals surface area contributed by atoms with Gasteiger partial charge in [-0.2, -0.15) is 0 Å². The van der Waals surface area contributed by atoms with Crippen LogP contribution in [0.3, 0.4) is 0 Å². The number of fused-ring (bicyclic) bond motifs is 3. The molecular weight excluding hydrogens is 344 g/mol. The van der Waals surface area contributed by atoms with Crippen molar-refractivity contribution in [3.8, 4) is 0 Å². The molecule has 1 spiro atoms. The van der Waals surface area contributed by atoms with E-state index in [1.165, 1.54) is 5.56 Å². The minimum absolute atomic E-state index is 0.335. The van der Waals surface area contributed by atoms with Gasteiger partial charge in [0.2, 0.25) is 5.95 Å². The Kier molecular flexibility index (Phi) is 3.71. The van der Waals surface area contributed by atoms with Crippen LogP contribution in [0, 0.1) is 0 Å². The van der Waals surface area contributed by atoms with E-state index in [2.05, 4.69) is 29.8 Å². The summed E-state index contributed by atoms with van der Waals surface area (Å²) in [6.45, 7) is 2.40. The molecule has 0 aliphatic carbocycles. The third kappa shape index (κ3) is 2.61. The Labute approximate surface area is 156 Å². The van der Waals surface area contributed by atoms with Crippen molar-refractivity contribution in [2.75, 3.05) is 43.6 Å². The highest BCUT2D eigenvalue weighted by molar-refractivity contribution is 5.82. The van der Waals surface area contributed by atoms with Gasteiger partial charge in [-0.25, -0.2) is 24.9 Å². The van der Waals surface area contributed by atoms with E-state index in [-0.39, 0.29) is 5.60 Å². The van der Waals surface area contributed by atoms with E-state index < -0.39 is 0 Å². The van der Waals surface area contributed by atoms with E-state index in [9.17, 15) is 0 Å². The average molecular weight is 366 g/mol. The number of H-pyrrole nitrogens is 1. The molecule has 5 rings (SSSR count). The van der Waals surface area contributed by atoms with Gasteiger partial charge in [0, 0.05) is 33.4 Å². The number of aromatic amines is 1. The molecule has 3 aromatic rings. The molecule has 0 radical (unpaired) electrons. The Morgan fingerprint density at radius 3 is 2.81 bits per heavy atom. The average Bonchev–Trinajstić information content (AvgIpc) is 3.18. The highest BCUT2D eigenvalue weighted by Crippen LogP contribution is 2.41. The fourth-order valence-corrected chi connectivity index (χ4v) is 4.07. The lowest BCUT2D eigenvalue weighted by Crippen LogP contribution is -2.47. The molecule has 1 fully saturated rings. The van der Waals surface area contributed by atoms with Gasteiger partial charge in [-0.15, -0.1) is 0 Å². The van der Waals surface area contributed by atoms with E-state index in [4.69, 9.17) is 9.72 Å². The van der Waals surface area contributed by atoms with Gasteiger partial charge < -0.3 is 19.5 Å². The molecule has 0 saturated carbocycles. The summed E-state index contributed by atoms with van der Waals surface area (Å²) in [5.74, 6) is 1.64. The topological polar surface area (TPSA) is 96.0 Å². The Bertz CT molecular complexity index is 976. The maximum Gasteiger partial charge on any atom is 0.225 e. The monoisotopic (exact) mass is 366 g/mol. The van der Waals surface area contributed by atoms with Crippen LogP contribution < -0.4 is 9.80 Å². The summed E-state index contributed by atoms with van der Waals surface area (Å²) in [4.78, 5) is 29.6. The van der Waals surface area contributed by atoms with Gasteiger partial charge in [0.15, 0.2) is 11.5 Å². The Balaban J connectivity index is 1.45. The fourth-order valence-electron chi connectivity index (χ4n) is 4.07. The largest absolute Gasteiger partial charge is 0.368 e. The second kappa shape index (κ2) is 6.12. The lowest BCUT2D eigenvalue weighted by atomic mass is 9.83. The molecule has 0 amide bonds. The van der Waals surface area contributed by atoms with Crippen LogP contribution in [-0.4, -0.2) is 63.7 Å². The predicted octanol–water partition coefficient (Wildman–Crippen LogP) is 1.28. The quantitative estimate of drug-likeness (QED) is 0.725. The highest BCUT2D eigenvalue weighted by atomic mass is 16.5. The first-order valence-electron chi connectivity index (χ1n) is 9.23. The molecule has 0 aromatic carbocycles. The fraction of sp³-hybridized carbons (Fsp3) is 0.500. The van der Waals surface area contributed by atoms with Gasteiger partial charge in [-0.3, -0.25) is 0 Å². The van der Waals surface area contributed by atoms with Crippen molar-refractivity contribution in [2.24, 2.45) is 0 Å². The number of nitrogens with one attached hydrogen (secondary N) is 1. The summed E-state index contributed by atoms with van der Waals surface area (Å²) in [6.07, 6.45) is 7.80. The van der Waals surface area contributed by atoms with Crippen molar-refractivity contribution in [1.29, 1.82) is 0 Å². The van der Waals surface area contributed by atoms with Crippen LogP contribution in [0.2, 0.25) is 0 Å². The van der Waals surface area contributed by atoms with Crippen molar-refractivity contribution in [1.82, 2.24) is 29.9 Å². The van der Waals surface area contributed by atoms with Crippen LogP contribution in [0.1, 0.15) is 24.1 Å². The zero-order valence-corrected chi connectivity index (χ0v) is 15.5. The molecular formula is C18H22N8O. The Morgan fingerprint density at radius 2 is 2.00 bits per heavy atom. The van der Waals surface area contributed by atoms with E-state index >= 15 is 0 Å². The number of hydrogen-bond donors (Lipinski definition) is 1. The second-order valence-electron chi connectivity index (χ2n) is 7.32. The lowest BCUT2D eigenvalue weighted by Gasteiger charge is -2.44. The van der Waals surface area contributed by atoms with Crippen LogP contribution in [0.5, 0.6) is 0 Å². The van der Waals surface area contributed by atoms with Gasteiger partial charge in [-0.05, 0) is 24.8 Å². The van der Waals surface area contributed by atoms with Crippen molar-refractivity contribution < 1.29 is 4.74 Å². The first kappa shape index (κ1) is 16.4. The van der Waals surface area contributed by atoms with Gasteiger partial charge >= 0.3 is 0 Å². The molecule has 140 valence electrons. The second-order valence-corrected chi connectivity index (χ2v) is 7.32. The Hall–Kier alpha value is -2.81. The third-order valence-corrected chi connectivity index (χ3v) is 5.51. The SMILES string of the molecule is CN(C)c1ncc2c(n1)C1(CCN(c3ncnc4nc[nH]c34)CC1)OCC2. The van der Waals surface area contributed by atoms with E-state index in [0.29, 0.717) is 5.65 Å². The number of aromatic nitrogens is 6. The van der Waals surface area contributed by atoms with Crippen molar-refractivity contribution in [3.05, 3.63) is 30.1 Å². The smallest absolute Gasteiger partial charge is 0.225 e. The molecule has 3 aromatic heterocycles. The number of hydrogen-bond acceptors (Lipinski definition) is 8. The number of anilines is 2. The zero-order chi connectivity index (χ0) is 18.4. The number of nitrogens with zero attached hydrogens (tertiary/aromatic N) is 7. The first-order valence-corrected chi connectivity index (χ1v) is 9.23. The first-order chi connectivity index (χ1) is 13.2. The highest BCUT2D eigenvalue weighted by Gasteiger charge is 2.43. The summed E-state index contributed by atoms with van der Waals surface area (Å²) in [5, 5.41) is 0. The molecule has 1 N–H and O–H groups in total. The molecule has 9 nitrogen and oxygen atoms in total. The van der Waals surface area contributed by atoms with E-state index in [1.54, 1.807) is 12.7 Å². The lowest BCUT2D eigenvalue weighted by molar-refractivity contribution is -0.0801. The molecule has 27 heavy (non-hydrogen) atoms. The predicted molar refractivity (Wildman–Crippen MR) is 101 cm³/mol. The van der Waals surface area contributed by atoms with Crippen LogP contribution >= 0.6 is 0 Å². The van der Waals surface area contributed by atoms with Crippen LogP contribution in [-0.2, 0) is 16.8 Å². The number of imidazole rings is 1. The minimum atomic E-state index is -0.335. The molecule has 9 heteroatoms. The molecule has 1 saturated heterocycles.